The molecular formula is C11H23N3O. The molecule has 0 aliphatic heterocycles. The highest BCUT2D eigenvalue weighted by Crippen LogP contribution is 2.37. The standard InChI is InChI=1S/C11H23N3O/c1-8(10(12)14-15)7-13-9-5-4-6-11(9,2)3/h8-9,13,15H,4-7H2,1-3H3,(H2,12,14). The summed E-state index contributed by atoms with van der Waals surface area (Å²) < 4.78 is 0. The molecule has 1 aliphatic rings. The molecule has 0 aromatic rings. The van der Waals surface area contributed by atoms with Gasteiger partial charge in [-0.05, 0) is 18.3 Å². The number of nitrogens with two attached hydrogens (primary N) is 1. The first-order valence-corrected chi connectivity index (χ1v) is 5.68. The van der Waals surface area contributed by atoms with Crippen LogP contribution in [0.5, 0.6) is 0 Å². The van der Waals surface area contributed by atoms with Crippen LogP contribution in [-0.2, 0) is 0 Å². The molecule has 0 aromatic carbocycles. The molecule has 1 aliphatic carbocycles. The first kappa shape index (κ1) is 12.3. The molecule has 4 nitrogen and oxygen atoms in total. The van der Waals surface area contributed by atoms with Crippen LogP contribution < -0.4 is 11.1 Å². The van der Waals surface area contributed by atoms with E-state index >= 15 is 0 Å². The molecule has 0 aromatic heterocycles. The monoisotopic (exact) mass is 213 g/mol. The summed E-state index contributed by atoms with van der Waals surface area (Å²) in [6.45, 7) is 7.34. The van der Waals surface area contributed by atoms with Crippen LogP contribution >= 0.6 is 0 Å². The summed E-state index contributed by atoms with van der Waals surface area (Å²) in [5, 5.41) is 15.1. The second-order valence-electron chi connectivity index (χ2n) is 5.27. The maximum atomic E-state index is 8.54. The van der Waals surface area contributed by atoms with Gasteiger partial charge in [0.25, 0.3) is 0 Å². The van der Waals surface area contributed by atoms with Crippen LogP contribution in [-0.4, -0.2) is 23.6 Å². The molecule has 0 amide bonds. The van der Waals surface area contributed by atoms with Gasteiger partial charge in [-0.3, -0.25) is 0 Å². The summed E-state index contributed by atoms with van der Waals surface area (Å²) in [7, 11) is 0. The van der Waals surface area contributed by atoms with Gasteiger partial charge in [-0.25, -0.2) is 0 Å². The lowest BCUT2D eigenvalue weighted by Gasteiger charge is -2.29. The van der Waals surface area contributed by atoms with E-state index in [4.69, 9.17) is 10.9 Å². The Morgan fingerprint density at radius 1 is 1.67 bits per heavy atom. The molecule has 2 unspecified atom stereocenters. The smallest absolute Gasteiger partial charge is 0.143 e. The highest BCUT2D eigenvalue weighted by Gasteiger charge is 2.34. The summed E-state index contributed by atoms with van der Waals surface area (Å²) in [5.41, 5.74) is 5.91. The van der Waals surface area contributed by atoms with Crippen LogP contribution in [0.2, 0.25) is 0 Å². The molecular weight excluding hydrogens is 190 g/mol. The lowest BCUT2D eigenvalue weighted by atomic mass is 9.87. The lowest BCUT2D eigenvalue weighted by Crippen LogP contribution is -2.42. The molecule has 0 radical (unpaired) electrons. The van der Waals surface area contributed by atoms with E-state index in [1.807, 2.05) is 6.92 Å². The molecule has 15 heavy (non-hydrogen) atoms. The minimum atomic E-state index is 0.0893. The first-order valence-electron chi connectivity index (χ1n) is 5.68. The van der Waals surface area contributed by atoms with Gasteiger partial charge in [0, 0.05) is 18.5 Å². The van der Waals surface area contributed by atoms with Gasteiger partial charge in [-0.1, -0.05) is 32.3 Å². The van der Waals surface area contributed by atoms with Gasteiger partial charge in [0.1, 0.15) is 5.84 Å². The molecule has 0 heterocycles. The Labute approximate surface area is 91.9 Å². The van der Waals surface area contributed by atoms with E-state index in [2.05, 4.69) is 24.3 Å². The third-order valence-corrected chi connectivity index (χ3v) is 3.55. The van der Waals surface area contributed by atoms with Gasteiger partial charge >= 0.3 is 0 Å². The van der Waals surface area contributed by atoms with Gasteiger partial charge in [0.05, 0.1) is 0 Å². The van der Waals surface area contributed by atoms with E-state index in [1.165, 1.54) is 19.3 Å². The van der Waals surface area contributed by atoms with Crippen LogP contribution in [0.3, 0.4) is 0 Å². The fraction of sp³-hybridized carbons (Fsp3) is 0.909. The van der Waals surface area contributed by atoms with Crippen molar-refractivity contribution >= 4 is 5.84 Å². The van der Waals surface area contributed by atoms with Crippen molar-refractivity contribution < 1.29 is 5.21 Å². The van der Waals surface area contributed by atoms with Gasteiger partial charge in [0.15, 0.2) is 0 Å². The molecule has 0 saturated heterocycles. The Hall–Kier alpha value is -0.770. The summed E-state index contributed by atoms with van der Waals surface area (Å²) in [5.74, 6) is 0.393. The summed E-state index contributed by atoms with van der Waals surface area (Å²) in [6, 6.07) is 0.562. The second-order valence-corrected chi connectivity index (χ2v) is 5.27. The Balaban J connectivity index is 2.37. The number of rotatable bonds is 4. The van der Waals surface area contributed by atoms with Crippen LogP contribution in [0.1, 0.15) is 40.0 Å². The zero-order valence-corrected chi connectivity index (χ0v) is 9.95. The molecule has 88 valence electrons. The van der Waals surface area contributed by atoms with E-state index in [0.717, 1.165) is 6.54 Å². The molecule has 1 rings (SSSR count). The van der Waals surface area contributed by atoms with Crippen molar-refractivity contribution in [3.63, 3.8) is 0 Å². The topological polar surface area (TPSA) is 70.6 Å². The molecule has 4 heteroatoms. The van der Waals surface area contributed by atoms with Gasteiger partial charge in [-0.15, -0.1) is 0 Å². The highest BCUT2D eigenvalue weighted by molar-refractivity contribution is 5.82. The molecule has 1 fully saturated rings. The fourth-order valence-corrected chi connectivity index (χ4v) is 2.23. The number of oxime groups is 1. The zero-order chi connectivity index (χ0) is 11.5. The number of amidine groups is 1. The SMILES string of the molecule is CC(CNC1CCCC1(C)C)C(N)=NO. The number of hydrogen-bond acceptors (Lipinski definition) is 3. The molecule has 2 atom stereocenters. The van der Waals surface area contributed by atoms with Gasteiger partial charge < -0.3 is 16.3 Å². The normalized spacial score (nSPS) is 27.9. The molecule has 4 N–H and O–H groups in total. The maximum absolute atomic E-state index is 8.54. The Morgan fingerprint density at radius 2 is 2.33 bits per heavy atom. The van der Waals surface area contributed by atoms with Crippen LogP contribution in [0.15, 0.2) is 5.16 Å². The predicted octanol–water partition coefficient (Wildman–Crippen LogP) is 1.54. The largest absolute Gasteiger partial charge is 0.409 e. The molecule has 0 bridgehead atoms. The summed E-state index contributed by atoms with van der Waals surface area (Å²) in [4.78, 5) is 0. The van der Waals surface area contributed by atoms with Crippen molar-refractivity contribution in [2.45, 2.75) is 46.1 Å². The van der Waals surface area contributed by atoms with Crippen molar-refractivity contribution in [3.05, 3.63) is 0 Å². The van der Waals surface area contributed by atoms with E-state index < -0.39 is 0 Å². The average molecular weight is 213 g/mol. The lowest BCUT2D eigenvalue weighted by molar-refractivity contribution is 0.278. The average Bonchev–Trinajstić information content (AvgIpc) is 2.53. The number of nitrogens with one attached hydrogen (secondary N) is 1. The van der Waals surface area contributed by atoms with Gasteiger partial charge in [0.2, 0.25) is 0 Å². The van der Waals surface area contributed by atoms with Crippen molar-refractivity contribution in [2.24, 2.45) is 22.2 Å². The van der Waals surface area contributed by atoms with Crippen molar-refractivity contribution in [3.8, 4) is 0 Å². The predicted molar refractivity (Wildman–Crippen MR) is 62.0 cm³/mol. The quantitative estimate of drug-likeness (QED) is 0.287. The molecule has 0 spiro atoms. The minimum absolute atomic E-state index is 0.0893. The van der Waals surface area contributed by atoms with Crippen LogP contribution in [0, 0.1) is 11.3 Å². The molecule has 1 saturated carbocycles. The van der Waals surface area contributed by atoms with E-state index in [-0.39, 0.29) is 5.92 Å². The minimum Gasteiger partial charge on any atom is -0.409 e. The van der Waals surface area contributed by atoms with E-state index in [0.29, 0.717) is 17.3 Å². The van der Waals surface area contributed by atoms with Crippen molar-refractivity contribution in [2.75, 3.05) is 6.54 Å². The van der Waals surface area contributed by atoms with Crippen LogP contribution in [0.25, 0.3) is 0 Å². The third kappa shape index (κ3) is 3.09. The fourth-order valence-electron chi connectivity index (χ4n) is 2.23. The zero-order valence-electron chi connectivity index (χ0n) is 9.95. The third-order valence-electron chi connectivity index (χ3n) is 3.55. The summed E-state index contributed by atoms with van der Waals surface area (Å²) >= 11 is 0. The van der Waals surface area contributed by atoms with Gasteiger partial charge in [-0.2, -0.15) is 0 Å². The summed E-state index contributed by atoms with van der Waals surface area (Å²) in [6.07, 6.45) is 3.81. The number of hydrogen-bond donors (Lipinski definition) is 3. The Kier molecular flexibility index (Phi) is 3.97. The second kappa shape index (κ2) is 4.84. The van der Waals surface area contributed by atoms with E-state index in [9.17, 15) is 0 Å². The first-order chi connectivity index (χ1) is 6.97. The van der Waals surface area contributed by atoms with Crippen molar-refractivity contribution in [1.29, 1.82) is 0 Å². The number of nitrogens with zero attached hydrogens (tertiary/aromatic N) is 1. The maximum Gasteiger partial charge on any atom is 0.143 e. The Bertz CT molecular complexity index is 238. The van der Waals surface area contributed by atoms with Crippen molar-refractivity contribution in [1.82, 2.24) is 5.32 Å². The Morgan fingerprint density at radius 3 is 2.80 bits per heavy atom. The van der Waals surface area contributed by atoms with E-state index in [1.54, 1.807) is 0 Å². The highest BCUT2D eigenvalue weighted by atomic mass is 16.4. The van der Waals surface area contributed by atoms with Crippen LogP contribution in [0.4, 0.5) is 0 Å².